The number of hydrogen-bond acceptors (Lipinski definition) is 6. The van der Waals surface area contributed by atoms with E-state index in [0.29, 0.717) is 23.7 Å². The van der Waals surface area contributed by atoms with Crippen LogP contribution in [0, 0.1) is 0 Å². The molecule has 0 aliphatic heterocycles. The number of anilines is 2. The summed E-state index contributed by atoms with van der Waals surface area (Å²) < 4.78 is 15.7. The van der Waals surface area contributed by atoms with Crippen molar-refractivity contribution in [3.63, 3.8) is 0 Å². The van der Waals surface area contributed by atoms with Gasteiger partial charge in [-0.15, -0.1) is 0 Å². The van der Waals surface area contributed by atoms with Crippen molar-refractivity contribution in [2.75, 3.05) is 24.9 Å². The largest absolute Gasteiger partial charge is 0.497 e. The Morgan fingerprint density at radius 2 is 2.04 bits per heavy atom. The van der Waals surface area contributed by atoms with Crippen LogP contribution in [0.2, 0.25) is 0 Å². The molecule has 0 atom stereocenters. The molecule has 7 nitrogen and oxygen atoms in total. The third-order valence-corrected chi connectivity index (χ3v) is 3.70. The highest BCUT2D eigenvalue weighted by molar-refractivity contribution is 6.04. The van der Waals surface area contributed by atoms with Crippen molar-refractivity contribution in [3.05, 3.63) is 66.4 Å². The standard InChI is InChI=1S/C19H19N3O4/c1-24-14-5-6-16(18(11-14)25-2)22-19(23)17-10-13(7-8-20-17)21-12-15-4-3-9-26-15/h3-11H,12H2,1-2H3,(H,20,21)(H,22,23). The molecule has 0 aliphatic carbocycles. The van der Waals surface area contributed by atoms with Crippen molar-refractivity contribution in [1.82, 2.24) is 4.98 Å². The highest BCUT2D eigenvalue weighted by Crippen LogP contribution is 2.29. The zero-order valence-electron chi connectivity index (χ0n) is 14.5. The van der Waals surface area contributed by atoms with Gasteiger partial charge >= 0.3 is 0 Å². The second-order valence-corrected chi connectivity index (χ2v) is 5.38. The van der Waals surface area contributed by atoms with E-state index in [4.69, 9.17) is 13.9 Å². The smallest absolute Gasteiger partial charge is 0.274 e. The van der Waals surface area contributed by atoms with Crippen molar-refractivity contribution in [2.45, 2.75) is 6.54 Å². The lowest BCUT2D eigenvalue weighted by Crippen LogP contribution is -2.14. The zero-order chi connectivity index (χ0) is 18.4. The molecule has 1 aromatic carbocycles. The molecule has 2 N–H and O–H groups in total. The van der Waals surface area contributed by atoms with Crippen molar-refractivity contribution in [1.29, 1.82) is 0 Å². The van der Waals surface area contributed by atoms with Crippen LogP contribution in [0.4, 0.5) is 11.4 Å². The Bertz CT molecular complexity index is 878. The van der Waals surface area contributed by atoms with Gasteiger partial charge in [0, 0.05) is 18.0 Å². The molecule has 26 heavy (non-hydrogen) atoms. The first-order valence-corrected chi connectivity index (χ1v) is 7.95. The van der Waals surface area contributed by atoms with Gasteiger partial charge in [0.2, 0.25) is 0 Å². The Morgan fingerprint density at radius 1 is 1.15 bits per heavy atom. The van der Waals surface area contributed by atoms with Gasteiger partial charge in [-0.3, -0.25) is 9.78 Å². The monoisotopic (exact) mass is 353 g/mol. The molecule has 7 heteroatoms. The average molecular weight is 353 g/mol. The van der Waals surface area contributed by atoms with Crippen LogP contribution in [0.3, 0.4) is 0 Å². The predicted octanol–water partition coefficient (Wildman–Crippen LogP) is 3.56. The van der Waals surface area contributed by atoms with Crippen LogP contribution in [0.1, 0.15) is 16.2 Å². The van der Waals surface area contributed by atoms with E-state index in [1.54, 1.807) is 49.9 Å². The van der Waals surface area contributed by atoms with Crippen LogP contribution < -0.4 is 20.1 Å². The minimum atomic E-state index is -0.338. The maximum atomic E-state index is 12.5. The molecule has 0 bridgehead atoms. The number of hydrogen-bond donors (Lipinski definition) is 2. The normalized spacial score (nSPS) is 10.2. The van der Waals surface area contributed by atoms with Crippen molar-refractivity contribution in [3.8, 4) is 11.5 Å². The molecule has 2 aromatic heterocycles. The number of amides is 1. The number of carbonyl (C=O) groups is 1. The maximum absolute atomic E-state index is 12.5. The van der Waals surface area contributed by atoms with Crippen molar-refractivity contribution in [2.24, 2.45) is 0 Å². The summed E-state index contributed by atoms with van der Waals surface area (Å²) in [6.07, 6.45) is 3.19. The summed E-state index contributed by atoms with van der Waals surface area (Å²) in [5.41, 5.74) is 1.59. The van der Waals surface area contributed by atoms with Gasteiger partial charge in [0.05, 0.1) is 32.7 Å². The number of methoxy groups -OCH3 is 2. The highest BCUT2D eigenvalue weighted by Gasteiger charge is 2.12. The van der Waals surface area contributed by atoms with Gasteiger partial charge in [-0.2, -0.15) is 0 Å². The van der Waals surface area contributed by atoms with Gasteiger partial charge in [-0.25, -0.2) is 0 Å². The molecule has 3 aromatic rings. The van der Waals surface area contributed by atoms with E-state index in [-0.39, 0.29) is 11.6 Å². The number of pyridine rings is 1. The van der Waals surface area contributed by atoms with Gasteiger partial charge in [-0.05, 0) is 36.4 Å². The average Bonchev–Trinajstić information content (AvgIpc) is 3.20. The maximum Gasteiger partial charge on any atom is 0.274 e. The Balaban J connectivity index is 1.71. The van der Waals surface area contributed by atoms with E-state index < -0.39 is 0 Å². The molecule has 0 aliphatic rings. The minimum absolute atomic E-state index is 0.285. The van der Waals surface area contributed by atoms with E-state index in [1.807, 2.05) is 12.1 Å². The van der Waals surface area contributed by atoms with Crippen LogP contribution in [0.5, 0.6) is 11.5 Å². The summed E-state index contributed by atoms with van der Waals surface area (Å²) >= 11 is 0. The summed E-state index contributed by atoms with van der Waals surface area (Å²) in [6, 6.07) is 12.3. The van der Waals surface area contributed by atoms with Crippen molar-refractivity contribution >= 4 is 17.3 Å². The van der Waals surface area contributed by atoms with E-state index in [0.717, 1.165) is 11.4 Å². The molecule has 0 unspecified atom stereocenters. The number of aromatic nitrogens is 1. The van der Waals surface area contributed by atoms with Crippen LogP contribution in [0.25, 0.3) is 0 Å². The van der Waals surface area contributed by atoms with Crippen LogP contribution in [-0.4, -0.2) is 25.1 Å². The Morgan fingerprint density at radius 3 is 2.77 bits per heavy atom. The number of carbonyl (C=O) groups excluding carboxylic acids is 1. The van der Waals surface area contributed by atoms with Gasteiger partial charge < -0.3 is 24.5 Å². The van der Waals surface area contributed by atoms with Crippen LogP contribution >= 0.6 is 0 Å². The van der Waals surface area contributed by atoms with E-state index in [9.17, 15) is 4.79 Å². The summed E-state index contributed by atoms with van der Waals surface area (Å²) in [5, 5.41) is 5.99. The van der Waals surface area contributed by atoms with Gasteiger partial charge in [0.1, 0.15) is 23.0 Å². The molecule has 0 saturated heterocycles. The third kappa shape index (κ3) is 4.13. The summed E-state index contributed by atoms with van der Waals surface area (Å²) in [7, 11) is 3.10. The van der Waals surface area contributed by atoms with E-state index >= 15 is 0 Å². The van der Waals surface area contributed by atoms with E-state index in [2.05, 4.69) is 15.6 Å². The second kappa shape index (κ2) is 8.06. The lowest BCUT2D eigenvalue weighted by Gasteiger charge is -2.12. The SMILES string of the molecule is COc1ccc(NC(=O)c2cc(NCc3ccco3)ccn2)c(OC)c1. The molecule has 0 fully saturated rings. The fraction of sp³-hybridized carbons (Fsp3) is 0.158. The molecule has 2 heterocycles. The number of nitrogens with one attached hydrogen (secondary N) is 2. The first kappa shape index (κ1) is 17.3. The number of rotatable bonds is 7. The topological polar surface area (TPSA) is 85.6 Å². The predicted molar refractivity (Wildman–Crippen MR) is 97.8 cm³/mol. The quantitative estimate of drug-likeness (QED) is 0.675. The van der Waals surface area contributed by atoms with Crippen LogP contribution in [0.15, 0.2) is 59.3 Å². The first-order valence-electron chi connectivity index (χ1n) is 7.95. The first-order chi connectivity index (χ1) is 12.7. The molecule has 0 saturated carbocycles. The van der Waals surface area contributed by atoms with Gasteiger partial charge in [0.15, 0.2) is 0 Å². The minimum Gasteiger partial charge on any atom is -0.497 e. The van der Waals surface area contributed by atoms with E-state index in [1.165, 1.54) is 7.11 Å². The lowest BCUT2D eigenvalue weighted by atomic mass is 10.2. The Kier molecular flexibility index (Phi) is 5.38. The molecule has 0 spiro atoms. The fourth-order valence-electron chi connectivity index (χ4n) is 2.36. The van der Waals surface area contributed by atoms with Gasteiger partial charge in [-0.1, -0.05) is 0 Å². The number of furan rings is 1. The molecular weight excluding hydrogens is 334 g/mol. The molecule has 134 valence electrons. The summed E-state index contributed by atoms with van der Waals surface area (Å²) in [5.74, 6) is 1.61. The summed E-state index contributed by atoms with van der Waals surface area (Å²) in [4.78, 5) is 16.6. The van der Waals surface area contributed by atoms with Crippen molar-refractivity contribution < 1.29 is 18.7 Å². The number of benzene rings is 1. The zero-order valence-corrected chi connectivity index (χ0v) is 14.5. The Hall–Kier alpha value is -3.48. The molecule has 0 radical (unpaired) electrons. The molecular formula is C19H19N3O4. The Labute approximate surface area is 151 Å². The highest BCUT2D eigenvalue weighted by atomic mass is 16.5. The molecule has 1 amide bonds. The van der Waals surface area contributed by atoms with Gasteiger partial charge in [0.25, 0.3) is 5.91 Å². The second-order valence-electron chi connectivity index (χ2n) is 5.38. The molecule has 3 rings (SSSR count). The number of ether oxygens (including phenoxy) is 2. The lowest BCUT2D eigenvalue weighted by molar-refractivity contribution is 0.102. The number of nitrogens with zero attached hydrogens (tertiary/aromatic N) is 1. The summed E-state index contributed by atoms with van der Waals surface area (Å²) in [6.45, 7) is 0.518. The van der Waals surface area contributed by atoms with Crippen LogP contribution in [-0.2, 0) is 6.54 Å². The fourth-order valence-corrected chi connectivity index (χ4v) is 2.36. The third-order valence-electron chi connectivity index (χ3n) is 3.70.